The highest BCUT2D eigenvalue weighted by molar-refractivity contribution is 7.22. The monoisotopic (exact) mass is 272 g/mol. The third kappa shape index (κ3) is 2.46. The fourth-order valence-corrected chi connectivity index (χ4v) is 2.59. The first-order valence-corrected chi connectivity index (χ1v) is 6.46. The molecule has 1 N–H and O–H groups in total. The number of fused-ring (bicyclic) bond motifs is 1. The Morgan fingerprint density at radius 3 is 2.79 bits per heavy atom. The minimum absolute atomic E-state index is 0.277. The Bertz CT molecular complexity index is 721. The van der Waals surface area contributed by atoms with Gasteiger partial charge in [0.05, 0.1) is 10.2 Å². The van der Waals surface area contributed by atoms with Crippen LogP contribution in [0.2, 0.25) is 0 Å². The van der Waals surface area contributed by atoms with Gasteiger partial charge in [0, 0.05) is 5.56 Å². The largest absolute Gasteiger partial charge is 0.298 e. The molecule has 19 heavy (non-hydrogen) atoms. The van der Waals surface area contributed by atoms with Gasteiger partial charge in [0.15, 0.2) is 5.13 Å². The van der Waals surface area contributed by atoms with E-state index in [4.69, 9.17) is 0 Å². The van der Waals surface area contributed by atoms with Crippen molar-refractivity contribution in [3.8, 4) is 0 Å². The lowest BCUT2D eigenvalue weighted by Gasteiger charge is -2.00. The van der Waals surface area contributed by atoms with Crippen LogP contribution in [0.3, 0.4) is 0 Å². The van der Waals surface area contributed by atoms with Crippen LogP contribution >= 0.6 is 11.3 Å². The SMILES string of the molecule is O=C(Nc1nc2ccccc2s1)c1cccc(F)c1. The van der Waals surface area contributed by atoms with Crippen LogP contribution < -0.4 is 5.32 Å². The summed E-state index contributed by atoms with van der Waals surface area (Å²) >= 11 is 1.39. The van der Waals surface area contributed by atoms with E-state index in [1.165, 1.54) is 29.5 Å². The van der Waals surface area contributed by atoms with Gasteiger partial charge in [-0.15, -0.1) is 0 Å². The normalized spacial score (nSPS) is 10.6. The summed E-state index contributed by atoms with van der Waals surface area (Å²) < 4.78 is 14.0. The molecule has 1 aromatic heterocycles. The van der Waals surface area contributed by atoms with Crippen molar-refractivity contribution in [3.63, 3.8) is 0 Å². The molecule has 0 aliphatic heterocycles. The summed E-state index contributed by atoms with van der Waals surface area (Å²) in [5, 5.41) is 3.19. The van der Waals surface area contributed by atoms with E-state index in [0.717, 1.165) is 10.2 Å². The fourth-order valence-electron chi connectivity index (χ4n) is 1.72. The molecule has 0 spiro atoms. The number of nitrogens with zero attached hydrogens (tertiary/aromatic N) is 1. The zero-order chi connectivity index (χ0) is 13.2. The molecule has 0 aliphatic rings. The fraction of sp³-hybridized carbons (Fsp3) is 0. The number of carbonyl (C=O) groups excluding carboxylic acids is 1. The van der Waals surface area contributed by atoms with E-state index in [1.54, 1.807) is 6.07 Å². The van der Waals surface area contributed by atoms with Crippen molar-refractivity contribution in [3.05, 3.63) is 59.9 Å². The second kappa shape index (κ2) is 4.78. The second-order valence-electron chi connectivity index (χ2n) is 3.95. The van der Waals surface area contributed by atoms with Gasteiger partial charge in [0.2, 0.25) is 0 Å². The Labute approximate surface area is 112 Å². The molecule has 3 nitrogen and oxygen atoms in total. The van der Waals surface area contributed by atoms with Crippen LogP contribution in [0.1, 0.15) is 10.4 Å². The molecule has 1 amide bonds. The highest BCUT2D eigenvalue weighted by atomic mass is 32.1. The molecule has 5 heteroatoms. The van der Waals surface area contributed by atoms with Crippen LogP contribution in [0.5, 0.6) is 0 Å². The lowest BCUT2D eigenvalue weighted by Crippen LogP contribution is -2.11. The second-order valence-corrected chi connectivity index (χ2v) is 4.98. The van der Waals surface area contributed by atoms with Crippen LogP contribution in [0.25, 0.3) is 10.2 Å². The maximum Gasteiger partial charge on any atom is 0.257 e. The Kier molecular flexibility index (Phi) is 2.97. The number of anilines is 1. The Balaban J connectivity index is 1.86. The average molecular weight is 272 g/mol. The number of aromatic nitrogens is 1. The van der Waals surface area contributed by atoms with Gasteiger partial charge < -0.3 is 0 Å². The van der Waals surface area contributed by atoms with E-state index in [-0.39, 0.29) is 11.5 Å². The number of hydrogen-bond acceptors (Lipinski definition) is 3. The molecule has 0 bridgehead atoms. The predicted molar refractivity (Wildman–Crippen MR) is 74.0 cm³/mol. The van der Waals surface area contributed by atoms with E-state index < -0.39 is 5.82 Å². The number of halogens is 1. The van der Waals surface area contributed by atoms with Gasteiger partial charge >= 0.3 is 0 Å². The molecule has 0 fully saturated rings. The zero-order valence-electron chi connectivity index (χ0n) is 9.76. The van der Waals surface area contributed by atoms with Gasteiger partial charge in [-0.3, -0.25) is 10.1 Å². The van der Waals surface area contributed by atoms with Crippen molar-refractivity contribution >= 4 is 32.6 Å². The van der Waals surface area contributed by atoms with Crippen molar-refractivity contribution < 1.29 is 9.18 Å². The maximum atomic E-state index is 13.0. The first kappa shape index (κ1) is 11.8. The molecule has 0 unspecified atom stereocenters. The molecular weight excluding hydrogens is 263 g/mol. The molecule has 1 heterocycles. The topological polar surface area (TPSA) is 42.0 Å². The molecule has 2 aromatic carbocycles. The summed E-state index contributed by atoms with van der Waals surface area (Å²) in [5.41, 5.74) is 1.11. The number of amides is 1. The van der Waals surface area contributed by atoms with Crippen LogP contribution in [0.15, 0.2) is 48.5 Å². The lowest BCUT2D eigenvalue weighted by atomic mass is 10.2. The summed E-state index contributed by atoms with van der Waals surface area (Å²) in [6.45, 7) is 0. The minimum Gasteiger partial charge on any atom is -0.298 e. The molecule has 0 saturated heterocycles. The summed E-state index contributed by atoms with van der Waals surface area (Å²) in [5.74, 6) is -0.796. The van der Waals surface area contributed by atoms with Crippen LogP contribution in [0.4, 0.5) is 9.52 Å². The number of carbonyl (C=O) groups is 1. The maximum absolute atomic E-state index is 13.0. The lowest BCUT2D eigenvalue weighted by molar-refractivity contribution is 0.102. The molecule has 0 saturated carbocycles. The summed E-state index contributed by atoms with van der Waals surface area (Å²) in [4.78, 5) is 16.2. The Morgan fingerprint density at radius 1 is 1.16 bits per heavy atom. The Morgan fingerprint density at radius 2 is 2.00 bits per heavy atom. The average Bonchev–Trinajstić information content (AvgIpc) is 2.80. The van der Waals surface area contributed by atoms with E-state index in [0.29, 0.717) is 5.13 Å². The number of para-hydroxylation sites is 1. The number of rotatable bonds is 2. The first-order chi connectivity index (χ1) is 9.22. The number of thiazole rings is 1. The van der Waals surface area contributed by atoms with Crippen molar-refractivity contribution in [1.29, 1.82) is 0 Å². The van der Waals surface area contributed by atoms with Crippen molar-refractivity contribution in [2.24, 2.45) is 0 Å². The van der Waals surface area contributed by atoms with Gasteiger partial charge in [-0.1, -0.05) is 29.5 Å². The minimum atomic E-state index is -0.433. The van der Waals surface area contributed by atoms with Crippen molar-refractivity contribution in [2.45, 2.75) is 0 Å². The van der Waals surface area contributed by atoms with Crippen LogP contribution in [-0.4, -0.2) is 10.9 Å². The van der Waals surface area contributed by atoms with Crippen LogP contribution in [0, 0.1) is 5.82 Å². The molecular formula is C14H9FN2OS. The van der Waals surface area contributed by atoms with Gasteiger partial charge in [-0.05, 0) is 30.3 Å². The van der Waals surface area contributed by atoms with Crippen molar-refractivity contribution in [1.82, 2.24) is 4.98 Å². The smallest absolute Gasteiger partial charge is 0.257 e. The zero-order valence-corrected chi connectivity index (χ0v) is 10.6. The third-order valence-corrected chi connectivity index (χ3v) is 3.55. The van der Waals surface area contributed by atoms with Gasteiger partial charge in [0.25, 0.3) is 5.91 Å². The molecule has 0 radical (unpaired) electrons. The summed E-state index contributed by atoms with van der Waals surface area (Å²) in [7, 11) is 0. The first-order valence-electron chi connectivity index (χ1n) is 5.65. The molecule has 3 aromatic rings. The summed E-state index contributed by atoms with van der Waals surface area (Å²) in [6, 6.07) is 13.2. The number of hydrogen-bond donors (Lipinski definition) is 1. The molecule has 94 valence electrons. The van der Waals surface area contributed by atoms with Crippen molar-refractivity contribution in [2.75, 3.05) is 5.32 Å². The van der Waals surface area contributed by atoms with E-state index in [9.17, 15) is 9.18 Å². The number of benzene rings is 2. The molecule has 3 rings (SSSR count). The molecule has 0 aliphatic carbocycles. The van der Waals surface area contributed by atoms with Gasteiger partial charge in [-0.2, -0.15) is 0 Å². The van der Waals surface area contributed by atoms with E-state index in [2.05, 4.69) is 10.3 Å². The van der Waals surface area contributed by atoms with Gasteiger partial charge in [-0.25, -0.2) is 9.37 Å². The highest BCUT2D eigenvalue weighted by Gasteiger charge is 2.10. The molecule has 0 atom stereocenters. The van der Waals surface area contributed by atoms with Gasteiger partial charge in [0.1, 0.15) is 5.82 Å². The summed E-state index contributed by atoms with van der Waals surface area (Å²) in [6.07, 6.45) is 0. The standard InChI is InChI=1S/C14H9FN2OS/c15-10-5-3-4-9(8-10)13(18)17-14-16-11-6-1-2-7-12(11)19-14/h1-8H,(H,16,17,18). The number of nitrogens with one attached hydrogen (secondary N) is 1. The predicted octanol–water partition coefficient (Wildman–Crippen LogP) is 3.69. The highest BCUT2D eigenvalue weighted by Crippen LogP contribution is 2.25. The van der Waals surface area contributed by atoms with E-state index >= 15 is 0 Å². The van der Waals surface area contributed by atoms with Crippen LogP contribution in [-0.2, 0) is 0 Å². The quantitative estimate of drug-likeness (QED) is 0.773. The van der Waals surface area contributed by atoms with E-state index in [1.807, 2.05) is 24.3 Å². The third-order valence-electron chi connectivity index (χ3n) is 2.60. The Hall–Kier alpha value is -2.27.